The van der Waals surface area contributed by atoms with Gasteiger partial charge in [-0.2, -0.15) is 0 Å². The number of methoxy groups -OCH3 is 2. The van der Waals surface area contributed by atoms with Gasteiger partial charge in [0.05, 0.1) is 19.7 Å². The van der Waals surface area contributed by atoms with Crippen molar-refractivity contribution in [3.05, 3.63) is 59.8 Å². The predicted octanol–water partition coefficient (Wildman–Crippen LogP) is 3.43. The molecule has 0 aliphatic carbocycles. The second kappa shape index (κ2) is 5.93. The molecule has 0 atom stereocenters. The first kappa shape index (κ1) is 14.2. The minimum atomic E-state index is 0.687. The van der Waals surface area contributed by atoms with Gasteiger partial charge < -0.3 is 15.2 Å². The number of anilines is 1. The van der Waals surface area contributed by atoms with Crippen LogP contribution < -0.4 is 15.2 Å². The molecular weight excluding hydrogens is 276 g/mol. The first-order valence-corrected chi connectivity index (χ1v) is 7.05. The smallest absolute Gasteiger partial charge is 0.162 e. The highest BCUT2D eigenvalue weighted by Gasteiger charge is 2.10. The molecule has 1 heterocycles. The molecular formula is C18H18N2O2. The molecule has 3 aromatic rings. The van der Waals surface area contributed by atoms with Crippen molar-refractivity contribution in [2.24, 2.45) is 0 Å². The lowest BCUT2D eigenvalue weighted by atomic mass is 10.0. The zero-order chi connectivity index (χ0) is 15.5. The molecule has 112 valence electrons. The number of benzene rings is 2. The second-order valence-electron chi connectivity index (χ2n) is 5.11. The molecule has 4 nitrogen and oxygen atoms in total. The standard InChI is InChI=1S/C18H18N2O2/c1-21-17-10-15-13(9-12-3-5-14(19)6-4-12)7-8-20-16(15)11-18(17)22-2/h3-8,10-11H,9,19H2,1-2H3. The number of hydrogen-bond donors (Lipinski definition) is 1. The Kier molecular flexibility index (Phi) is 3.83. The molecule has 0 spiro atoms. The number of rotatable bonds is 4. The summed E-state index contributed by atoms with van der Waals surface area (Å²) in [6.07, 6.45) is 2.63. The van der Waals surface area contributed by atoms with Gasteiger partial charge in [0.15, 0.2) is 11.5 Å². The van der Waals surface area contributed by atoms with Crippen molar-refractivity contribution in [1.82, 2.24) is 4.98 Å². The van der Waals surface area contributed by atoms with Crippen LogP contribution in [0, 0.1) is 0 Å². The number of hydrogen-bond acceptors (Lipinski definition) is 4. The maximum absolute atomic E-state index is 5.74. The van der Waals surface area contributed by atoms with Gasteiger partial charge in [-0.15, -0.1) is 0 Å². The van der Waals surface area contributed by atoms with Gasteiger partial charge in [0, 0.05) is 23.3 Å². The third-order valence-corrected chi connectivity index (χ3v) is 3.71. The molecule has 0 amide bonds. The van der Waals surface area contributed by atoms with Gasteiger partial charge in [0.25, 0.3) is 0 Å². The molecule has 0 saturated carbocycles. The molecule has 2 aromatic carbocycles. The van der Waals surface area contributed by atoms with E-state index in [-0.39, 0.29) is 0 Å². The van der Waals surface area contributed by atoms with Crippen molar-refractivity contribution in [2.75, 3.05) is 20.0 Å². The van der Waals surface area contributed by atoms with Crippen LogP contribution in [0.4, 0.5) is 5.69 Å². The molecule has 1 aromatic heterocycles. The summed E-state index contributed by atoms with van der Waals surface area (Å²) in [7, 11) is 3.27. The van der Waals surface area contributed by atoms with Crippen LogP contribution in [0.5, 0.6) is 11.5 Å². The minimum Gasteiger partial charge on any atom is -0.493 e. The van der Waals surface area contributed by atoms with Gasteiger partial charge in [-0.25, -0.2) is 0 Å². The van der Waals surface area contributed by atoms with Crippen LogP contribution in [0.15, 0.2) is 48.7 Å². The summed E-state index contributed by atoms with van der Waals surface area (Å²) in [5.41, 5.74) is 9.80. The Morgan fingerprint density at radius 2 is 1.64 bits per heavy atom. The van der Waals surface area contributed by atoms with Crippen molar-refractivity contribution >= 4 is 16.6 Å². The number of nitrogen functional groups attached to an aromatic ring is 1. The average Bonchev–Trinajstić information content (AvgIpc) is 2.56. The lowest BCUT2D eigenvalue weighted by Crippen LogP contribution is -1.95. The summed E-state index contributed by atoms with van der Waals surface area (Å²) in [6, 6.07) is 13.8. The Morgan fingerprint density at radius 3 is 2.32 bits per heavy atom. The number of aromatic nitrogens is 1. The predicted molar refractivity (Wildman–Crippen MR) is 88.5 cm³/mol. The second-order valence-corrected chi connectivity index (χ2v) is 5.11. The topological polar surface area (TPSA) is 57.4 Å². The lowest BCUT2D eigenvalue weighted by Gasteiger charge is -2.11. The summed E-state index contributed by atoms with van der Waals surface area (Å²) in [4.78, 5) is 4.43. The largest absolute Gasteiger partial charge is 0.493 e. The molecule has 0 saturated heterocycles. The molecule has 0 radical (unpaired) electrons. The Bertz CT molecular complexity index is 798. The highest BCUT2D eigenvalue weighted by Crippen LogP contribution is 2.33. The Morgan fingerprint density at radius 1 is 0.955 bits per heavy atom. The summed E-state index contributed by atoms with van der Waals surface area (Å²) >= 11 is 0. The van der Waals surface area contributed by atoms with Gasteiger partial charge in [0.1, 0.15) is 0 Å². The Hall–Kier alpha value is -2.75. The van der Waals surface area contributed by atoms with Crippen molar-refractivity contribution in [2.45, 2.75) is 6.42 Å². The fraction of sp³-hybridized carbons (Fsp3) is 0.167. The molecule has 0 fully saturated rings. The number of nitrogens with zero attached hydrogens (tertiary/aromatic N) is 1. The van der Waals surface area contributed by atoms with E-state index >= 15 is 0 Å². The van der Waals surface area contributed by atoms with Gasteiger partial charge in [-0.3, -0.25) is 4.98 Å². The summed E-state index contributed by atoms with van der Waals surface area (Å²) < 4.78 is 10.7. The van der Waals surface area contributed by atoms with Gasteiger partial charge >= 0.3 is 0 Å². The number of ether oxygens (including phenoxy) is 2. The lowest BCUT2D eigenvalue weighted by molar-refractivity contribution is 0.356. The van der Waals surface area contributed by atoms with Crippen LogP contribution >= 0.6 is 0 Å². The average molecular weight is 294 g/mol. The number of nitrogens with two attached hydrogens (primary N) is 1. The summed E-state index contributed by atoms with van der Waals surface area (Å²) in [5, 5.41) is 1.07. The first-order chi connectivity index (χ1) is 10.7. The van der Waals surface area contributed by atoms with E-state index in [1.165, 1.54) is 11.1 Å². The van der Waals surface area contributed by atoms with Gasteiger partial charge in [-0.05, 0) is 41.8 Å². The van der Waals surface area contributed by atoms with Gasteiger partial charge in [-0.1, -0.05) is 12.1 Å². The van der Waals surface area contributed by atoms with Crippen LogP contribution in [0.3, 0.4) is 0 Å². The number of pyridine rings is 1. The highest BCUT2D eigenvalue weighted by molar-refractivity contribution is 5.86. The fourth-order valence-corrected chi connectivity index (χ4v) is 2.54. The van der Waals surface area contributed by atoms with Crippen LogP contribution in [0.25, 0.3) is 10.9 Å². The molecule has 0 unspecified atom stereocenters. The molecule has 4 heteroatoms. The van der Waals surface area contributed by atoms with Crippen molar-refractivity contribution in [3.63, 3.8) is 0 Å². The molecule has 0 aliphatic heterocycles. The molecule has 0 bridgehead atoms. The van der Waals surface area contributed by atoms with Crippen molar-refractivity contribution in [1.29, 1.82) is 0 Å². The monoisotopic (exact) mass is 294 g/mol. The maximum Gasteiger partial charge on any atom is 0.162 e. The highest BCUT2D eigenvalue weighted by atomic mass is 16.5. The Balaban J connectivity index is 2.07. The van der Waals surface area contributed by atoms with E-state index in [9.17, 15) is 0 Å². The van der Waals surface area contributed by atoms with E-state index in [2.05, 4.69) is 4.98 Å². The maximum atomic E-state index is 5.74. The van der Waals surface area contributed by atoms with Crippen molar-refractivity contribution in [3.8, 4) is 11.5 Å². The molecule has 3 rings (SSSR count). The van der Waals surface area contributed by atoms with Crippen LogP contribution in [0.2, 0.25) is 0 Å². The van der Waals surface area contributed by atoms with Crippen molar-refractivity contribution < 1.29 is 9.47 Å². The zero-order valence-electron chi connectivity index (χ0n) is 12.7. The third kappa shape index (κ3) is 2.68. The van der Waals surface area contributed by atoms with E-state index in [4.69, 9.17) is 15.2 Å². The van der Waals surface area contributed by atoms with Crippen LogP contribution in [-0.2, 0) is 6.42 Å². The van der Waals surface area contributed by atoms with E-state index in [1.54, 1.807) is 14.2 Å². The summed E-state index contributed by atoms with van der Waals surface area (Å²) in [6.45, 7) is 0. The Labute approximate surface area is 129 Å². The SMILES string of the molecule is COc1cc2nccc(Cc3ccc(N)cc3)c2cc1OC. The third-order valence-electron chi connectivity index (χ3n) is 3.71. The van der Waals surface area contributed by atoms with E-state index in [0.29, 0.717) is 11.5 Å². The van der Waals surface area contributed by atoms with Gasteiger partial charge in [0.2, 0.25) is 0 Å². The van der Waals surface area contributed by atoms with E-state index in [1.807, 2.05) is 48.7 Å². The normalized spacial score (nSPS) is 10.6. The van der Waals surface area contributed by atoms with E-state index in [0.717, 1.165) is 23.0 Å². The van der Waals surface area contributed by atoms with Crippen LogP contribution in [-0.4, -0.2) is 19.2 Å². The zero-order valence-corrected chi connectivity index (χ0v) is 12.7. The van der Waals surface area contributed by atoms with E-state index < -0.39 is 0 Å². The summed E-state index contributed by atoms with van der Waals surface area (Å²) in [5.74, 6) is 1.40. The molecule has 2 N–H and O–H groups in total. The van der Waals surface area contributed by atoms with Crippen LogP contribution in [0.1, 0.15) is 11.1 Å². The first-order valence-electron chi connectivity index (χ1n) is 7.05. The number of fused-ring (bicyclic) bond motifs is 1. The molecule has 22 heavy (non-hydrogen) atoms. The quantitative estimate of drug-likeness (QED) is 0.749. The fourth-order valence-electron chi connectivity index (χ4n) is 2.54. The minimum absolute atomic E-state index is 0.687. The molecule has 0 aliphatic rings.